The lowest BCUT2D eigenvalue weighted by Crippen LogP contribution is -2.42. The predicted octanol–water partition coefficient (Wildman–Crippen LogP) is 16.0. The van der Waals surface area contributed by atoms with Crippen molar-refractivity contribution in [1.82, 2.24) is 10.9 Å². The molecule has 0 saturated heterocycles. The Bertz CT molecular complexity index is 1930. The van der Waals surface area contributed by atoms with Crippen molar-refractivity contribution in [3.05, 3.63) is 83.9 Å². The van der Waals surface area contributed by atoms with Crippen molar-refractivity contribution in [3.63, 3.8) is 0 Å². The monoisotopic (exact) mass is 973 g/mol. The van der Waals surface area contributed by atoms with Crippen LogP contribution >= 0.6 is 0 Å². The van der Waals surface area contributed by atoms with Crippen LogP contribution < -0.4 is 20.3 Å². The van der Waals surface area contributed by atoms with Crippen molar-refractivity contribution in [2.24, 2.45) is 0 Å². The van der Waals surface area contributed by atoms with E-state index >= 15 is 0 Å². The molecule has 0 bridgehead atoms. The zero-order valence-electron chi connectivity index (χ0n) is 42.9. The molecule has 0 heterocycles. The summed E-state index contributed by atoms with van der Waals surface area (Å²) in [7, 11) is -5.84. The van der Waals surface area contributed by atoms with Gasteiger partial charge in [0, 0.05) is 11.1 Å². The summed E-state index contributed by atoms with van der Waals surface area (Å²) in [5.41, 5.74) is 6.09. The molecule has 366 valence electrons. The van der Waals surface area contributed by atoms with Crippen LogP contribution in [0.2, 0.25) is 77.6 Å². The molecule has 66 heavy (non-hydrogen) atoms. The van der Waals surface area contributed by atoms with Crippen molar-refractivity contribution >= 4 is 66.6 Å². The maximum atomic E-state index is 13.0. The molecule has 0 spiro atoms. The van der Waals surface area contributed by atoms with Crippen LogP contribution in [0.15, 0.2) is 72.8 Å². The summed E-state index contributed by atoms with van der Waals surface area (Å²) in [6.07, 6.45) is 22.9. The highest BCUT2D eigenvalue weighted by Gasteiger charge is 2.30. The molecule has 0 atom stereocenters. The Morgan fingerprint density at radius 2 is 0.667 bits per heavy atom. The number of hydrogen-bond donors (Lipinski definition) is 2. The average Bonchev–Trinajstić information content (AvgIpc) is 3.24. The maximum Gasteiger partial charge on any atom is 0.269 e. The van der Waals surface area contributed by atoms with Crippen LogP contribution in [0, 0.1) is 0 Å². The molecule has 8 nitrogen and oxygen atoms in total. The lowest BCUT2D eigenvalue weighted by Gasteiger charge is -2.31. The van der Waals surface area contributed by atoms with E-state index in [4.69, 9.17) is 17.7 Å². The normalized spacial score (nSPS) is 12.5. The third kappa shape index (κ3) is 22.7. The third-order valence-electron chi connectivity index (χ3n) is 12.0. The third-order valence-corrected chi connectivity index (χ3v) is 24.4. The number of rotatable bonds is 32. The second-order valence-corrected chi connectivity index (χ2v) is 40.0. The Morgan fingerprint density at radius 3 is 1.00 bits per heavy atom. The van der Waals surface area contributed by atoms with Gasteiger partial charge < -0.3 is 17.7 Å². The minimum atomic E-state index is -1.49. The molecule has 4 aromatic rings. The molecule has 0 aliphatic heterocycles. The van der Waals surface area contributed by atoms with Crippen molar-refractivity contribution in [2.45, 2.75) is 193 Å². The number of hydrogen-bond acceptors (Lipinski definition) is 6. The quantitative estimate of drug-likeness (QED) is 0.0288. The van der Waals surface area contributed by atoms with Gasteiger partial charge in [-0.2, -0.15) is 0 Å². The maximum absolute atomic E-state index is 13.0. The van der Waals surface area contributed by atoms with Gasteiger partial charge in [-0.15, -0.1) is 0 Å². The number of fused-ring (bicyclic) bond motifs is 2. The zero-order valence-corrected chi connectivity index (χ0v) is 46.9. The Morgan fingerprint density at radius 1 is 0.379 bits per heavy atom. The van der Waals surface area contributed by atoms with Gasteiger partial charge in [-0.25, -0.2) is 0 Å². The lowest BCUT2D eigenvalue weighted by atomic mass is 10.1. The largest absolute Gasteiger partial charge is 0.494 e. The van der Waals surface area contributed by atoms with E-state index in [9.17, 15) is 9.59 Å². The summed E-state index contributed by atoms with van der Waals surface area (Å²) in [5.74, 6) is 0.922. The minimum Gasteiger partial charge on any atom is -0.494 e. The Balaban J connectivity index is 1.05. The molecular formula is C54H88N2O6Si4. The summed E-state index contributed by atoms with van der Waals surface area (Å²) >= 11 is 0. The number of hydrazine groups is 1. The van der Waals surface area contributed by atoms with Gasteiger partial charge in [-0.05, 0) is 160 Å². The number of amides is 2. The molecule has 12 heteroatoms. The van der Waals surface area contributed by atoms with E-state index in [0.717, 1.165) is 45.9 Å². The predicted molar refractivity (Wildman–Crippen MR) is 290 cm³/mol. The van der Waals surface area contributed by atoms with E-state index in [0.29, 0.717) is 24.3 Å². The van der Waals surface area contributed by atoms with Crippen LogP contribution in [0.1, 0.15) is 136 Å². The second kappa shape index (κ2) is 27.7. The molecule has 2 N–H and O–H groups in total. The SMILES string of the molecule is C[Si](C)(C)O[Si](C)(C)CCCCCCCCCCCOc1ccc2cc(C(=O)NNC(=O)c3ccc4cc(OCCCCCCCCCCC[Si](C)(C)O[Si](C)(C)C)ccc4c3)ccc2c1. The Kier molecular flexibility index (Phi) is 23.2. The number of unbranched alkanes of at least 4 members (excludes halogenated alkanes) is 16. The van der Waals surface area contributed by atoms with E-state index in [1.54, 1.807) is 12.1 Å². The fourth-order valence-electron chi connectivity index (χ4n) is 9.09. The van der Waals surface area contributed by atoms with Gasteiger partial charge in [0.15, 0.2) is 33.3 Å². The first-order chi connectivity index (χ1) is 31.3. The Hall–Kier alpha value is -3.27. The summed E-state index contributed by atoms with van der Waals surface area (Å²) in [6.45, 7) is 24.8. The van der Waals surface area contributed by atoms with Crippen molar-refractivity contribution in [1.29, 1.82) is 0 Å². The standard InChI is InChI=1S/C54H88N2O6Si4/c1-63(2,3)61-65(7,8)39-27-23-19-15-11-13-17-21-25-37-59-51-35-33-45-41-49(31-29-47(45)43-51)53(57)55-56-54(58)50-32-30-48-44-52(36-34-46(48)42-50)60-38-26-22-18-14-12-16-20-24-28-40-66(9,10)62-64(4,5)6/h29-36,41-44H,11-28,37-40H2,1-10H3,(H,55,57)(H,56,58). The van der Waals surface area contributed by atoms with Crippen LogP contribution in [0.3, 0.4) is 0 Å². The van der Waals surface area contributed by atoms with E-state index in [1.165, 1.54) is 115 Å². The minimum absolute atomic E-state index is 0.378. The highest BCUT2D eigenvalue weighted by Crippen LogP contribution is 2.26. The number of ether oxygens (including phenoxy) is 2. The zero-order chi connectivity index (χ0) is 48.1. The van der Waals surface area contributed by atoms with E-state index < -0.39 is 33.3 Å². The van der Waals surface area contributed by atoms with E-state index in [-0.39, 0.29) is 11.8 Å². The van der Waals surface area contributed by atoms with Gasteiger partial charge in [0.2, 0.25) is 0 Å². The van der Waals surface area contributed by atoms with Gasteiger partial charge in [0.1, 0.15) is 11.5 Å². The summed E-state index contributed by atoms with van der Waals surface area (Å²) in [4.78, 5) is 26.1. The van der Waals surface area contributed by atoms with Crippen molar-refractivity contribution < 1.29 is 27.3 Å². The first-order valence-corrected chi connectivity index (χ1v) is 38.7. The first kappa shape index (κ1) is 55.3. The van der Waals surface area contributed by atoms with Gasteiger partial charge in [-0.3, -0.25) is 20.4 Å². The van der Waals surface area contributed by atoms with Gasteiger partial charge in [-0.1, -0.05) is 127 Å². The first-order valence-electron chi connectivity index (χ1n) is 25.6. The Labute approximate surface area is 404 Å². The number of benzene rings is 4. The summed E-state index contributed by atoms with van der Waals surface area (Å²) < 4.78 is 25.1. The van der Waals surface area contributed by atoms with Gasteiger partial charge in [0.05, 0.1) is 13.2 Å². The fraction of sp³-hybridized carbons (Fsp3) is 0.593. The molecule has 0 fully saturated rings. The van der Waals surface area contributed by atoms with Crippen LogP contribution in [0.25, 0.3) is 21.5 Å². The number of carbonyl (C=O) groups is 2. The smallest absolute Gasteiger partial charge is 0.269 e. The fourth-order valence-corrected chi connectivity index (χ4v) is 25.4. The summed E-state index contributed by atoms with van der Waals surface area (Å²) in [5, 5.41) is 3.86. The van der Waals surface area contributed by atoms with E-state index in [1.807, 2.05) is 60.7 Å². The van der Waals surface area contributed by atoms with Crippen molar-refractivity contribution in [3.8, 4) is 11.5 Å². The van der Waals surface area contributed by atoms with Crippen LogP contribution in [0.4, 0.5) is 0 Å². The van der Waals surface area contributed by atoms with Crippen LogP contribution in [0.5, 0.6) is 11.5 Å². The molecule has 0 saturated carbocycles. The molecule has 0 unspecified atom stereocenters. The molecule has 4 aromatic carbocycles. The average molecular weight is 974 g/mol. The van der Waals surface area contributed by atoms with Crippen LogP contribution in [-0.4, -0.2) is 58.3 Å². The molecule has 2 amide bonds. The highest BCUT2D eigenvalue weighted by atomic mass is 28.4. The van der Waals surface area contributed by atoms with Crippen molar-refractivity contribution in [2.75, 3.05) is 13.2 Å². The number of carbonyl (C=O) groups excluding carboxylic acids is 2. The summed E-state index contributed by atoms with van der Waals surface area (Å²) in [6, 6.07) is 25.5. The highest BCUT2D eigenvalue weighted by molar-refractivity contribution is 6.84. The molecule has 0 aliphatic rings. The van der Waals surface area contributed by atoms with Crippen LogP contribution in [-0.2, 0) is 8.23 Å². The van der Waals surface area contributed by atoms with Gasteiger partial charge in [0.25, 0.3) is 11.8 Å². The number of nitrogens with one attached hydrogen (secondary N) is 2. The topological polar surface area (TPSA) is 95.1 Å². The molecular weight excluding hydrogens is 885 g/mol. The van der Waals surface area contributed by atoms with E-state index in [2.05, 4.69) is 76.3 Å². The molecule has 0 radical (unpaired) electrons. The lowest BCUT2D eigenvalue weighted by molar-refractivity contribution is 0.0847. The molecule has 0 aromatic heterocycles. The molecule has 4 rings (SSSR count). The van der Waals surface area contributed by atoms with Gasteiger partial charge >= 0.3 is 0 Å². The molecule has 0 aliphatic carbocycles. The second-order valence-electron chi connectivity index (χ2n) is 21.9.